The van der Waals surface area contributed by atoms with E-state index in [1.165, 1.54) is 12.8 Å². The van der Waals surface area contributed by atoms with Crippen LogP contribution < -0.4 is 5.32 Å². The molecule has 6 nitrogen and oxygen atoms in total. The van der Waals surface area contributed by atoms with Crippen molar-refractivity contribution in [3.05, 3.63) is 30.1 Å². The molecule has 1 aliphatic carbocycles. The van der Waals surface area contributed by atoms with E-state index in [1.807, 2.05) is 24.3 Å². The van der Waals surface area contributed by atoms with Crippen LogP contribution >= 0.6 is 0 Å². The summed E-state index contributed by atoms with van der Waals surface area (Å²) in [6.45, 7) is 6.55. The summed E-state index contributed by atoms with van der Waals surface area (Å²) in [4.78, 5) is 16.9. The van der Waals surface area contributed by atoms with E-state index in [0.29, 0.717) is 24.0 Å². The number of hydrogen-bond donors (Lipinski definition) is 2. The number of rotatable bonds is 7. The zero-order chi connectivity index (χ0) is 17.1. The number of aromatic amines is 1. The molecule has 1 aromatic heterocycles. The van der Waals surface area contributed by atoms with Crippen LogP contribution in [0.3, 0.4) is 0 Å². The third-order valence-corrected chi connectivity index (χ3v) is 4.12. The average Bonchev–Trinajstić information content (AvgIpc) is 3.27. The summed E-state index contributed by atoms with van der Waals surface area (Å²) in [5.74, 6) is 2.16. The van der Waals surface area contributed by atoms with Gasteiger partial charge in [-0.25, -0.2) is 4.98 Å². The van der Waals surface area contributed by atoms with Gasteiger partial charge in [-0.05, 0) is 37.8 Å². The van der Waals surface area contributed by atoms with Crippen molar-refractivity contribution in [2.45, 2.75) is 45.6 Å². The van der Waals surface area contributed by atoms with Gasteiger partial charge in [0.05, 0.1) is 12.3 Å². The molecule has 1 atom stereocenters. The number of benzene rings is 1. The van der Waals surface area contributed by atoms with Gasteiger partial charge >= 0.3 is 0 Å². The molecule has 1 unspecified atom stereocenters. The van der Waals surface area contributed by atoms with Crippen molar-refractivity contribution in [1.29, 1.82) is 0 Å². The minimum Gasteiger partial charge on any atom is -0.368 e. The molecule has 3 rings (SSSR count). The molecule has 2 aromatic rings. The molecule has 6 heteroatoms. The summed E-state index contributed by atoms with van der Waals surface area (Å²) >= 11 is 0. The summed E-state index contributed by atoms with van der Waals surface area (Å²) in [5, 5.41) is 10.2. The Bertz CT molecular complexity index is 707. The van der Waals surface area contributed by atoms with Crippen LogP contribution in [0, 0.1) is 5.92 Å². The number of hydrogen-bond acceptors (Lipinski definition) is 4. The smallest absolute Gasteiger partial charge is 0.253 e. The number of nitrogens with zero attached hydrogens (tertiary/aromatic N) is 2. The van der Waals surface area contributed by atoms with Gasteiger partial charge in [0.15, 0.2) is 5.82 Å². The Morgan fingerprint density at radius 1 is 1.33 bits per heavy atom. The van der Waals surface area contributed by atoms with E-state index in [4.69, 9.17) is 4.74 Å². The highest BCUT2D eigenvalue weighted by atomic mass is 16.5. The highest BCUT2D eigenvalue weighted by molar-refractivity contribution is 5.97. The van der Waals surface area contributed by atoms with E-state index >= 15 is 0 Å². The summed E-state index contributed by atoms with van der Waals surface area (Å²) < 4.78 is 5.63. The van der Waals surface area contributed by atoms with Crippen LogP contribution in [-0.4, -0.2) is 33.8 Å². The largest absolute Gasteiger partial charge is 0.368 e. The first-order chi connectivity index (χ1) is 11.5. The number of aromatic nitrogens is 3. The van der Waals surface area contributed by atoms with Gasteiger partial charge in [0.2, 0.25) is 0 Å². The molecule has 0 spiro atoms. The third-order valence-electron chi connectivity index (χ3n) is 4.12. The fourth-order valence-electron chi connectivity index (χ4n) is 2.32. The molecule has 0 bridgehead atoms. The zero-order valence-electron chi connectivity index (χ0n) is 14.4. The second-order valence-corrected chi connectivity index (χ2v) is 6.65. The standard InChI is InChI=1S/C18H24N4O2/c1-11(2)16-20-17(22-21-16)14-6-4-5-7-15(14)19-18(23)12(3)24-10-13-8-9-13/h4-7,11-13H,8-10H2,1-3H3,(H,19,23)(H,20,21,22). The van der Waals surface area contributed by atoms with Crippen molar-refractivity contribution in [3.8, 4) is 11.4 Å². The molecule has 0 aliphatic heterocycles. The Hall–Kier alpha value is -2.21. The SMILES string of the molecule is CC(OCC1CC1)C(=O)Nc1ccccc1-c1n[nH]c(C(C)C)n1. The van der Waals surface area contributed by atoms with Gasteiger partial charge in [-0.3, -0.25) is 9.89 Å². The summed E-state index contributed by atoms with van der Waals surface area (Å²) in [6, 6.07) is 7.54. The first-order valence-electron chi connectivity index (χ1n) is 8.48. The van der Waals surface area contributed by atoms with Gasteiger partial charge in [-0.1, -0.05) is 26.0 Å². The predicted molar refractivity (Wildman–Crippen MR) is 92.7 cm³/mol. The maximum atomic E-state index is 12.4. The molecular weight excluding hydrogens is 304 g/mol. The average molecular weight is 328 g/mol. The van der Waals surface area contributed by atoms with Gasteiger partial charge in [0, 0.05) is 11.5 Å². The van der Waals surface area contributed by atoms with Crippen molar-refractivity contribution in [2.24, 2.45) is 5.92 Å². The molecule has 1 amide bonds. The van der Waals surface area contributed by atoms with Crippen LogP contribution in [0.1, 0.15) is 45.4 Å². The van der Waals surface area contributed by atoms with Crippen molar-refractivity contribution < 1.29 is 9.53 Å². The molecule has 24 heavy (non-hydrogen) atoms. The van der Waals surface area contributed by atoms with Crippen LogP contribution in [0.25, 0.3) is 11.4 Å². The Morgan fingerprint density at radius 3 is 2.75 bits per heavy atom. The van der Waals surface area contributed by atoms with E-state index in [9.17, 15) is 4.79 Å². The Morgan fingerprint density at radius 2 is 2.08 bits per heavy atom. The minimum absolute atomic E-state index is 0.150. The molecule has 2 N–H and O–H groups in total. The van der Waals surface area contributed by atoms with Crippen molar-refractivity contribution >= 4 is 11.6 Å². The van der Waals surface area contributed by atoms with E-state index in [2.05, 4.69) is 34.3 Å². The quantitative estimate of drug-likeness (QED) is 0.817. The molecule has 128 valence electrons. The first-order valence-corrected chi connectivity index (χ1v) is 8.48. The molecule has 0 radical (unpaired) electrons. The van der Waals surface area contributed by atoms with E-state index in [1.54, 1.807) is 6.92 Å². The second kappa shape index (κ2) is 7.13. The number of carbonyl (C=O) groups is 1. The molecule has 1 aromatic carbocycles. The van der Waals surface area contributed by atoms with E-state index in [0.717, 1.165) is 11.4 Å². The predicted octanol–water partition coefficient (Wildman–Crippen LogP) is 3.35. The molecule has 1 fully saturated rings. The Balaban J connectivity index is 1.71. The molecule has 1 heterocycles. The number of nitrogens with one attached hydrogen (secondary N) is 2. The van der Waals surface area contributed by atoms with E-state index in [-0.39, 0.29) is 11.8 Å². The lowest BCUT2D eigenvalue weighted by molar-refractivity contribution is -0.126. The normalized spacial score (nSPS) is 15.5. The van der Waals surface area contributed by atoms with E-state index < -0.39 is 6.10 Å². The summed E-state index contributed by atoms with van der Waals surface area (Å²) in [6.07, 6.45) is 1.94. The van der Waals surface area contributed by atoms with Gasteiger partial charge in [-0.2, -0.15) is 5.10 Å². The van der Waals surface area contributed by atoms with Gasteiger partial charge in [0.1, 0.15) is 11.9 Å². The monoisotopic (exact) mass is 328 g/mol. The van der Waals surface area contributed by atoms with Crippen LogP contribution in [0.5, 0.6) is 0 Å². The van der Waals surface area contributed by atoms with Crippen molar-refractivity contribution in [2.75, 3.05) is 11.9 Å². The maximum absolute atomic E-state index is 12.4. The van der Waals surface area contributed by atoms with Crippen LogP contribution in [0.4, 0.5) is 5.69 Å². The number of amides is 1. The number of anilines is 1. The van der Waals surface area contributed by atoms with Gasteiger partial charge in [-0.15, -0.1) is 0 Å². The van der Waals surface area contributed by atoms with Crippen LogP contribution in [0.2, 0.25) is 0 Å². The fraction of sp³-hybridized carbons (Fsp3) is 0.500. The van der Waals surface area contributed by atoms with Crippen LogP contribution in [-0.2, 0) is 9.53 Å². The number of H-pyrrole nitrogens is 1. The number of ether oxygens (including phenoxy) is 1. The highest BCUT2D eigenvalue weighted by Crippen LogP contribution is 2.29. The summed E-state index contributed by atoms with van der Waals surface area (Å²) in [5.41, 5.74) is 1.49. The highest BCUT2D eigenvalue weighted by Gasteiger charge is 2.24. The molecule has 1 aliphatic rings. The number of carbonyl (C=O) groups excluding carboxylic acids is 1. The van der Waals surface area contributed by atoms with Gasteiger partial charge < -0.3 is 10.1 Å². The third kappa shape index (κ3) is 4.00. The first kappa shape index (κ1) is 16.6. The lowest BCUT2D eigenvalue weighted by Gasteiger charge is -2.14. The van der Waals surface area contributed by atoms with Crippen LogP contribution in [0.15, 0.2) is 24.3 Å². The lowest BCUT2D eigenvalue weighted by Crippen LogP contribution is -2.28. The topological polar surface area (TPSA) is 79.9 Å². The van der Waals surface area contributed by atoms with Crippen molar-refractivity contribution in [3.63, 3.8) is 0 Å². The van der Waals surface area contributed by atoms with Gasteiger partial charge in [0.25, 0.3) is 5.91 Å². The summed E-state index contributed by atoms with van der Waals surface area (Å²) in [7, 11) is 0. The van der Waals surface area contributed by atoms with Crippen molar-refractivity contribution in [1.82, 2.24) is 15.2 Å². The second-order valence-electron chi connectivity index (χ2n) is 6.65. The zero-order valence-corrected chi connectivity index (χ0v) is 14.4. The fourth-order valence-corrected chi connectivity index (χ4v) is 2.32. The minimum atomic E-state index is -0.475. The molecular formula is C18H24N4O2. The maximum Gasteiger partial charge on any atom is 0.253 e. The Labute approximate surface area is 142 Å². The Kier molecular flexibility index (Phi) is 4.94. The molecule has 1 saturated carbocycles. The number of para-hydroxylation sites is 1. The lowest BCUT2D eigenvalue weighted by atomic mass is 10.1. The molecule has 0 saturated heterocycles.